The number of ether oxygens (including phenoxy) is 1. The normalized spacial score (nSPS) is 24.1. The number of hydrogen-bond acceptors (Lipinski definition) is 6. The Morgan fingerprint density at radius 3 is 1.78 bits per heavy atom. The predicted molar refractivity (Wildman–Crippen MR) is 140 cm³/mol. The standard InChI is InChI=1S/C25H40F2O4.C4H6O2/c1-18(15-28)25(30)31-17-23(16-29)22-13-11-21(12-14-22)10-9-20-7-5-19(6-8-20)3-2-4-24(26)27;1-4(2-5)3-6/h4,19-23,28-29H,1-3,5-17H2;2,6H,1,3H2. The fraction of sp³-hybridized carbons (Fsp3) is 0.724. The van der Waals surface area contributed by atoms with E-state index in [0.717, 1.165) is 50.0 Å². The summed E-state index contributed by atoms with van der Waals surface area (Å²) in [5.74, 6) is 1.87. The van der Waals surface area contributed by atoms with Crippen LogP contribution in [0.2, 0.25) is 0 Å². The molecule has 0 spiro atoms. The second-order valence-electron chi connectivity index (χ2n) is 10.6. The third-order valence-corrected chi connectivity index (χ3v) is 7.89. The van der Waals surface area contributed by atoms with Crippen molar-refractivity contribution in [3.63, 3.8) is 0 Å². The number of aldehydes is 1. The molecule has 0 radical (unpaired) electrons. The summed E-state index contributed by atoms with van der Waals surface area (Å²) >= 11 is 0. The molecule has 0 aromatic heterocycles. The monoisotopic (exact) mass is 528 g/mol. The highest BCUT2D eigenvalue weighted by Crippen LogP contribution is 2.39. The van der Waals surface area contributed by atoms with E-state index in [9.17, 15) is 23.5 Å². The molecule has 2 aliphatic rings. The summed E-state index contributed by atoms with van der Waals surface area (Å²) in [6, 6.07) is 0. The van der Waals surface area contributed by atoms with Crippen LogP contribution in [0.4, 0.5) is 8.78 Å². The minimum absolute atomic E-state index is 0.00518. The van der Waals surface area contributed by atoms with Crippen LogP contribution < -0.4 is 0 Å². The smallest absolute Gasteiger partial charge is 0.335 e. The average molecular weight is 529 g/mol. The van der Waals surface area contributed by atoms with Crippen LogP contribution in [0, 0.1) is 29.6 Å². The molecule has 2 aliphatic carbocycles. The lowest BCUT2D eigenvalue weighted by molar-refractivity contribution is -0.142. The molecule has 0 bridgehead atoms. The van der Waals surface area contributed by atoms with Crippen LogP contribution in [0.3, 0.4) is 0 Å². The van der Waals surface area contributed by atoms with Gasteiger partial charge in [-0.05, 0) is 55.4 Å². The van der Waals surface area contributed by atoms with Gasteiger partial charge in [-0.1, -0.05) is 64.5 Å². The molecule has 37 heavy (non-hydrogen) atoms. The lowest BCUT2D eigenvalue weighted by Gasteiger charge is -2.34. The first-order valence-corrected chi connectivity index (χ1v) is 13.5. The van der Waals surface area contributed by atoms with Crippen LogP contribution in [0.25, 0.3) is 0 Å². The minimum atomic E-state index is -1.55. The topological polar surface area (TPSA) is 104 Å². The maximum atomic E-state index is 12.1. The van der Waals surface area contributed by atoms with Gasteiger partial charge in [0.1, 0.15) is 6.29 Å². The molecule has 212 valence electrons. The van der Waals surface area contributed by atoms with Crippen molar-refractivity contribution in [2.24, 2.45) is 29.6 Å². The molecule has 3 N–H and O–H groups in total. The first kappa shape index (κ1) is 33.1. The van der Waals surface area contributed by atoms with E-state index in [1.807, 2.05) is 0 Å². The highest BCUT2D eigenvalue weighted by Gasteiger charge is 2.29. The molecular weight excluding hydrogens is 482 g/mol. The fourth-order valence-electron chi connectivity index (χ4n) is 5.38. The second kappa shape index (κ2) is 19.2. The Balaban J connectivity index is 0.00000102. The van der Waals surface area contributed by atoms with Crippen LogP contribution in [-0.4, -0.2) is 54.0 Å². The van der Waals surface area contributed by atoms with Gasteiger partial charge in [-0.25, -0.2) is 4.79 Å². The summed E-state index contributed by atoms with van der Waals surface area (Å²) in [6.07, 6.45) is 13.2. The van der Waals surface area contributed by atoms with Crippen LogP contribution >= 0.6 is 0 Å². The van der Waals surface area contributed by atoms with E-state index in [2.05, 4.69) is 13.2 Å². The number of aliphatic hydroxyl groups is 3. The van der Waals surface area contributed by atoms with Crippen molar-refractivity contribution in [2.75, 3.05) is 26.4 Å². The van der Waals surface area contributed by atoms with Crippen molar-refractivity contribution in [2.45, 2.75) is 77.0 Å². The summed E-state index contributed by atoms with van der Waals surface area (Å²) in [4.78, 5) is 21.1. The summed E-state index contributed by atoms with van der Waals surface area (Å²) < 4.78 is 29.5. The molecule has 8 heteroatoms. The van der Waals surface area contributed by atoms with E-state index in [4.69, 9.17) is 14.9 Å². The van der Waals surface area contributed by atoms with Crippen molar-refractivity contribution in [3.8, 4) is 0 Å². The van der Waals surface area contributed by atoms with Crippen molar-refractivity contribution in [3.05, 3.63) is 36.5 Å². The SMILES string of the molecule is C=C(C=O)CO.C=C(CO)C(=O)OCC(CO)C1CCC(CCC2CCC(CCC=C(F)F)CC2)CC1. The fourth-order valence-corrected chi connectivity index (χ4v) is 5.38. The number of halogens is 2. The van der Waals surface area contributed by atoms with Crippen molar-refractivity contribution >= 4 is 12.3 Å². The number of hydrogen-bond donors (Lipinski definition) is 3. The lowest BCUT2D eigenvalue weighted by atomic mass is 9.73. The zero-order chi connectivity index (χ0) is 27.6. The lowest BCUT2D eigenvalue weighted by Crippen LogP contribution is -2.29. The number of rotatable bonds is 14. The largest absolute Gasteiger partial charge is 0.462 e. The number of allylic oxidation sites excluding steroid dienone is 1. The van der Waals surface area contributed by atoms with Crippen LogP contribution in [0.15, 0.2) is 36.5 Å². The van der Waals surface area contributed by atoms with Crippen LogP contribution in [-0.2, 0) is 14.3 Å². The van der Waals surface area contributed by atoms with Gasteiger partial charge in [0.15, 0.2) is 0 Å². The highest BCUT2D eigenvalue weighted by atomic mass is 19.3. The molecule has 0 amide bonds. The molecule has 0 heterocycles. The van der Waals surface area contributed by atoms with E-state index < -0.39 is 18.7 Å². The van der Waals surface area contributed by atoms with Gasteiger partial charge in [-0.15, -0.1) is 0 Å². The van der Waals surface area contributed by atoms with Gasteiger partial charge in [-0.3, -0.25) is 4.79 Å². The van der Waals surface area contributed by atoms with Crippen LogP contribution in [0.5, 0.6) is 0 Å². The van der Waals surface area contributed by atoms with Crippen molar-refractivity contribution in [1.82, 2.24) is 0 Å². The van der Waals surface area contributed by atoms with Gasteiger partial charge in [0.2, 0.25) is 0 Å². The van der Waals surface area contributed by atoms with E-state index >= 15 is 0 Å². The number of esters is 1. The Morgan fingerprint density at radius 2 is 1.38 bits per heavy atom. The average Bonchev–Trinajstić information content (AvgIpc) is 2.92. The van der Waals surface area contributed by atoms with Crippen molar-refractivity contribution < 1.29 is 38.4 Å². The Kier molecular flexibility index (Phi) is 17.2. The summed E-state index contributed by atoms with van der Waals surface area (Å²) in [5.41, 5.74) is 0.259. The summed E-state index contributed by atoms with van der Waals surface area (Å²) in [5, 5.41) is 26.7. The first-order chi connectivity index (χ1) is 17.7. The third kappa shape index (κ3) is 14.0. The van der Waals surface area contributed by atoms with Gasteiger partial charge in [0, 0.05) is 18.1 Å². The quantitative estimate of drug-likeness (QED) is 0.159. The van der Waals surface area contributed by atoms with Gasteiger partial charge in [0.05, 0.1) is 25.4 Å². The second-order valence-corrected chi connectivity index (χ2v) is 10.6. The zero-order valence-electron chi connectivity index (χ0n) is 22.1. The number of carbonyl (C=O) groups is 2. The zero-order valence-corrected chi connectivity index (χ0v) is 22.1. The molecule has 2 saturated carbocycles. The number of carbonyl (C=O) groups excluding carboxylic acids is 2. The summed E-state index contributed by atoms with van der Waals surface area (Å²) in [6.45, 7) is 6.18. The Morgan fingerprint density at radius 1 is 0.865 bits per heavy atom. The van der Waals surface area contributed by atoms with E-state index in [1.54, 1.807) is 0 Å². The molecule has 0 aromatic carbocycles. The van der Waals surface area contributed by atoms with E-state index in [1.165, 1.54) is 38.5 Å². The molecule has 2 rings (SSSR count). The molecular formula is C29H46F2O6. The molecule has 0 saturated heterocycles. The molecule has 1 atom stereocenters. The van der Waals surface area contributed by atoms with Gasteiger partial charge in [0.25, 0.3) is 6.08 Å². The Labute approximate surface area is 220 Å². The number of aliphatic hydroxyl groups excluding tert-OH is 3. The Bertz CT molecular complexity index is 718. The third-order valence-electron chi connectivity index (χ3n) is 7.89. The Hall–Kier alpha value is -1.90. The van der Waals surface area contributed by atoms with Gasteiger partial charge < -0.3 is 20.1 Å². The maximum absolute atomic E-state index is 12.1. The first-order valence-electron chi connectivity index (χ1n) is 13.5. The highest BCUT2D eigenvalue weighted by molar-refractivity contribution is 5.87. The maximum Gasteiger partial charge on any atom is 0.335 e. The minimum Gasteiger partial charge on any atom is -0.462 e. The van der Waals surface area contributed by atoms with Gasteiger partial charge in [-0.2, -0.15) is 8.78 Å². The molecule has 6 nitrogen and oxygen atoms in total. The molecule has 2 fully saturated rings. The van der Waals surface area contributed by atoms with E-state index in [0.29, 0.717) is 24.5 Å². The van der Waals surface area contributed by atoms with Crippen LogP contribution in [0.1, 0.15) is 77.0 Å². The predicted octanol–water partition coefficient (Wildman–Crippen LogP) is 5.37. The molecule has 0 aromatic rings. The van der Waals surface area contributed by atoms with Crippen molar-refractivity contribution in [1.29, 1.82) is 0 Å². The summed E-state index contributed by atoms with van der Waals surface area (Å²) in [7, 11) is 0. The van der Waals surface area contributed by atoms with Gasteiger partial charge >= 0.3 is 5.97 Å². The van der Waals surface area contributed by atoms with E-state index in [-0.39, 0.29) is 36.9 Å². The molecule has 1 unspecified atom stereocenters. The molecule has 0 aliphatic heterocycles.